The lowest BCUT2D eigenvalue weighted by Crippen LogP contribution is -2.29. The van der Waals surface area contributed by atoms with Crippen LogP contribution < -0.4 is 10.0 Å². The summed E-state index contributed by atoms with van der Waals surface area (Å²) in [5, 5.41) is 2.49. The summed E-state index contributed by atoms with van der Waals surface area (Å²) in [5.74, 6) is -0.219. The second-order valence-electron chi connectivity index (χ2n) is 6.51. The van der Waals surface area contributed by atoms with Crippen molar-refractivity contribution in [3.63, 3.8) is 0 Å². The van der Waals surface area contributed by atoms with Crippen LogP contribution in [0.1, 0.15) is 24.0 Å². The standard InChI is InChI=1S/C20H18F3N3O3S/c21-20(22,23)15-5-1-4-14(12-15)9-10-19(27)25-16-6-2-7-17(13-16)30(28,29)26-18-8-3-11-24-18/h1-2,4-7,9-10,12-13H,3,8,11H2,(H,24,26)(H,25,27)/b10-9+. The first-order chi connectivity index (χ1) is 14.1. The number of nitrogens with one attached hydrogen (secondary N) is 2. The van der Waals surface area contributed by atoms with E-state index in [1.807, 2.05) is 0 Å². The fourth-order valence-corrected chi connectivity index (χ4v) is 3.89. The highest BCUT2D eigenvalue weighted by Crippen LogP contribution is 2.29. The summed E-state index contributed by atoms with van der Waals surface area (Å²) in [6.07, 6.45) is -0.828. The van der Waals surface area contributed by atoms with Crippen molar-refractivity contribution in [1.82, 2.24) is 4.72 Å². The third-order valence-corrected chi connectivity index (χ3v) is 5.56. The summed E-state index contributed by atoms with van der Waals surface area (Å²) < 4.78 is 65.6. The van der Waals surface area contributed by atoms with Crippen LogP contribution in [-0.4, -0.2) is 26.7 Å². The molecule has 0 bridgehead atoms. The molecule has 0 atom stereocenters. The Morgan fingerprint density at radius 3 is 2.57 bits per heavy atom. The van der Waals surface area contributed by atoms with E-state index in [4.69, 9.17) is 0 Å². The molecule has 0 fully saturated rings. The number of amides is 1. The van der Waals surface area contributed by atoms with Crippen LogP contribution in [0.5, 0.6) is 0 Å². The first kappa shape index (κ1) is 21.6. The molecule has 1 amide bonds. The van der Waals surface area contributed by atoms with Crippen LogP contribution in [0.25, 0.3) is 6.08 Å². The molecule has 0 radical (unpaired) electrons. The molecule has 0 saturated carbocycles. The molecule has 2 N–H and O–H groups in total. The zero-order chi connectivity index (χ0) is 21.8. The Hall–Kier alpha value is -3.14. The normalized spacial score (nSPS) is 14.6. The van der Waals surface area contributed by atoms with Gasteiger partial charge in [0, 0.05) is 24.7 Å². The molecule has 30 heavy (non-hydrogen) atoms. The predicted molar refractivity (Wildman–Crippen MR) is 107 cm³/mol. The van der Waals surface area contributed by atoms with Gasteiger partial charge in [-0.05, 0) is 48.4 Å². The number of rotatable bonds is 5. The Kier molecular flexibility index (Phi) is 6.25. The Morgan fingerprint density at radius 1 is 1.10 bits per heavy atom. The van der Waals surface area contributed by atoms with Gasteiger partial charge in [-0.2, -0.15) is 13.2 Å². The van der Waals surface area contributed by atoms with Gasteiger partial charge in [-0.3, -0.25) is 14.5 Å². The van der Waals surface area contributed by atoms with Crippen molar-refractivity contribution in [2.24, 2.45) is 4.99 Å². The summed E-state index contributed by atoms with van der Waals surface area (Å²) in [6.45, 7) is 0.576. The predicted octanol–water partition coefficient (Wildman–Crippen LogP) is 3.83. The molecule has 0 saturated heterocycles. The number of benzene rings is 2. The molecule has 10 heteroatoms. The van der Waals surface area contributed by atoms with Gasteiger partial charge >= 0.3 is 6.18 Å². The minimum Gasteiger partial charge on any atom is -0.322 e. The average Bonchev–Trinajstić information content (AvgIpc) is 3.18. The minimum atomic E-state index is -4.48. The highest BCUT2D eigenvalue weighted by molar-refractivity contribution is 7.90. The fourth-order valence-electron chi connectivity index (χ4n) is 2.75. The van der Waals surface area contributed by atoms with Gasteiger partial charge in [0.1, 0.15) is 5.84 Å². The minimum absolute atomic E-state index is 0.0447. The van der Waals surface area contributed by atoms with Crippen molar-refractivity contribution < 1.29 is 26.4 Å². The molecular weight excluding hydrogens is 419 g/mol. The van der Waals surface area contributed by atoms with E-state index in [9.17, 15) is 26.4 Å². The highest BCUT2D eigenvalue weighted by Gasteiger charge is 2.30. The second-order valence-corrected chi connectivity index (χ2v) is 8.19. The van der Waals surface area contributed by atoms with Crippen molar-refractivity contribution in [2.75, 3.05) is 11.9 Å². The molecule has 0 unspecified atom stereocenters. The number of amidine groups is 1. The van der Waals surface area contributed by atoms with Crippen molar-refractivity contribution in [3.8, 4) is 0 Å². The molecule has 1 heterocycles. The molecule has 0 spiro atoms. The van der Waals surface area contributed by atoms with Gasteiger partial charge in [0.25, 0.3) is 10.0 Å². The summed E-state index contributed by atoms with van der Waals surface area (Å²) in [6, 6.07) is 10.2. The Labute approximate surface area is 171 Å². The number of carbonyl (C=O) groups is 1. The van der Waals surface area contributed by atoms with E-state index >= 15 is 0 Å². The number of halogens is 3. The first-order valence-electron chi connectivity index (χ1n) is 8.96. The van der Waals surface area contributed by atoms with E-state index in [1.165, 1.54) is 42.5 Å². The molecular formula is C20H18F3N3O3S. The smallest absolute Gasteiger partial charge is 0.322 e. The van der Waals surface area contributed by atoms with Crippen molar-refractivity contribution >= 4 is 33.5 Å². The second kappa shape index (κ2) is 8.70. The van der Waals surface area contributed by atoms with E-state index in [2.05, 4.69) is 15.0 Å². The van der Waals surface area contributed by atoms with Crippen LogP contribution in [0.15, 0.2) is 64.5 Å². The number of sulfonamides is 1. The number of aliphatic imine (C=N–C) groups is 1. The van der Waals surface area contributed by atoms with E-state index < -0.39 is 27.7 Å². The average molecular weight is 437 g/mol. The molecule has 0 aliphatic carbocycles. The number of hydrogen-bond donors (Lipinski definition) is 2. The molecule has 1 aliphatic heterocycles. The van der Waals surface area contributed by atoms with Crippen LogP contribution in [0, 0.1) is 0 Å². The molecule has 2 aromatic carbocycles. The number of hydrogen-bond acceptors (Lipinski definition) is 4. The SMILES string of the molecule is O=C(/C=C/c1cccc(C(F)(F)F)c1)Nc1cccc(S(=O)(=O)NC2=NCCC2)c1. The molecule has 2 aromatic rings. The maximum Gasteiger partial charge on any atom is 0.416 e. The summed E-state index contributed by atoms with van der Waals surface area (Å²) in [5.41, 5.74) is -0.384. The van der Waals surface area contributed by atoms with E-state index in [0.717, 1.165) is 24.6 Å². The third-order valence-electron chi connectivity index (χ3n) is 4.18. The van der Waals surface area contributed by atoms with Gasteiger partial charge in [-0.25, -0.2) is 8.42 Å². The van der Waals surface area contributed by atoms with Crippen molar-refractivity contribution in [1.29, 1.82) is 0 Å². The molecule has 158 valence electrons. The monoisotopic (exact) mass is 437 g/mol. The van der Waals surface area contributed by atoms with Gasteiger partial charge in [0.05, 0.1) is 10.5 Å². The maximum atomic E-state index is 12.8. The molecule has 3 rings (SSSR count). The van der Waals surface area contributed by atoms with Crippen LogP contribution in [0.3, 0.4) is 0 Å². The third kappa shape index (κ3) is 5.69. The van der Waals surface area contributed by atoms with Crippen molar-refractivity contribution in [3.05, 3.63) is 65.7 Å². The maximum absolute atomic E-state index is 12.8. The highest BCUT2D eigenvalue weighted by atomic mass is 32.2. The number of anilines is 1. The van der Waals surface area contributed by atoms with E-state index in [1.54, 1.807) is 0 Å². The quantitative estimate of drug-likeness (QED) is 0.697. The van der Waals surface area contributed by atoms with Gasteiger partial charge < -0.3 is 5.32 Å². The van der Waals surface area contributed by atoms with Crippen LogP contribution >= 0.6 is 0 Å². The number of carbonyl (C=O) groups excluding carboxylic acids is 1. The summed E-state index contributed by atoms with van der Waals surface area (Å²) in [4.78, 5) is 16.1. The van der Waals surface area contributed by atoms with Crippen molar-refractivity contribution in [2.45, 2.75) is 23.9 Å². The summed E-state index contributed by atoms with van der Waals surface area (Å²) >= 11 is 0. The molecule has 1 aliphatic rings. The van der Waals surface area contributed by atoms with E-state index in [0.29, 0.717) is 18.8 Å². The Morgan fingerprint density at radius 2 is 1.87 bits per heavy atom. The van der Waals surface area contributed by atoms with Gasteiger partial charge in [-0.15, -0.1) is 0 Å². The van der Waals surface area contributed by atoms with Crippen LogP contribution in [-0.2, 0) is 21.0 Å². The first-order valence-corrected chi connectivity index (χ1v) is 10.4. The lowest BCUT2D eigenvalue weighted by molar-refractivity contribution is -0.137. The topological polar surface area (TPSA) is 87.6 Å². The Balaban J connectivity index is 1.69. The Bertz CT molecular complexity index is 1110. The molecule has 0 aromatic heterocycles. The zero-order valence-corrected chi connectivity index (χ0v) is 16.4. The van der Waals surface area contributed by atoms with Crippen LogP contribution in [0.4, 0.5) is 18.9 Å². The van der Waals surface area contributed by atoms with E-state index in [-0.39, 0.29) is 16.1 Å². The number of alkyl halides is 3. The fraction of sp³-hybridized carbons (Fsp3) is 0.200. The largest absolute Gasteiger partial charge is 0.416 e. The van der Waals surface area contributed by atoms with Gasteiger partial charge in [0.2, 0.25) is 5.91 Å². The molecule has 6 nitrogen and oxygen atoms in total. The zero-order valence-electron chi connectivity index (χ0n) is 15.6. The van der Waals surface area contributed by atoms with Gasteiger partial charge in [-0.1, -0.05) is 18.2 Å². The number of nitrogens with zero attached hydrogens (tertiary/aromatic N) is 1. The van der Waals surface area contributed by atoms with Crippen LogP contribution in [0.2, 0.25) is 0 Å². The summed E-state index contributed by atoms with van der Waals surface area (Å²) in [7, 11) is -3.83. The van der Waals surface area contributed by atoms with Gasteiger partial charge in [0.15, 0.2) is 0 Å². The lowest BCUT2D eigenvalue weighted by Gasteiger charge is -2.09. The lowest BCUT2D eigenvalue weighted by atomic mass is 10.1.